The highest BCUT2D eigenvalue weighted by atomic mass is 16.8. The average Bonchev–Trinajstić information content (AvgIpc) is 3.24. The minimum absolute atomic E-state index is 0.0153. The molecule has 5 nitrogen and oxygen atoms in total. The first-order valence-electron chi connectivity index (χ1n) is 8.98. The summed E-state index contributed by atoms with van der Waals surface area (Å²) in [6, 6.07) is 10.2. The molecule has 1 aliphatic carbocycles. The van der Waals surface area contributed by atoms with Gasteiger partial charge in [-0.15, -0.1) is 0 Å². The Bertz CT molecular complexity index is 568. The van der Waals surface area contributed by atoms with E-state index in [1.54, 1.807) is 0 Å². The van der Waals surface area contributed by atoms with Gasteiger partial charge in [0.2, 0.25) is 0 Å². The van der Waals surface area contributed by atoms with E-state index in [0.717, 1.165) is 25.0 Å². The molecule has 3 aliphatic rings. The molecule has 130 valence electrons. The Morgan fingerprint density at radius 2 is 1.88 bits per heavy atom. The molecule has 2 heterocycles. The van der Waals surface area contributed by atoms with Crippen LogP contribution >= 0.6 is 0 Å². The molecule has 0 amide bonds. The van der Waals surface area contributed by atoms with Crippen LogP contribution in [0.2, 0.25) is 0 Å². The molecule has 2 aliphatic heterocycles. The normalized spacial score (nSPS) is 28.8. The third kappa shape index (κ3) is 3.63. The maximum absolute atomic E-state index is 6.23. The summed E-state index contributed by atoms with van der Waals surface area (Å²) < 4.78 is 18.0. The zero-order chi connectivity index (χ0) is 16.2. The first-order chi connectivity index (χ1) is 11.8. The van der Waals surface area contributed by atoms with Crippen molar-refractivity contribution in [3.05, 3.63) is 35.9 Å². The summed E-state index contributed by atoms with van der Waals surface area (Å²) in [5.41, 5.74) is 2.12. The summed E-state index contributed by atoms with van der Waals surface area (Å²) >= 11 is 0. The van der Waals surface area contributed by atoms with Gasteiger partial charge in [-0.05, 0) is 18.4 Å². The third-order valence-corrected chi connectivity index (χ3v) is 5.04. The zero-order valence-electron chi connectivity index (χ0n) is 14.0. The maximum Gasteiger partial charge on any atom is 0.169 e. The highest BCUT2D eigenvalue weighted by Gasteiger charge is 2.46. The predicted molar refractivity (Wildman–Crippen MR) is 89.7 cm³/mol. The van der Waals surface area contributed by atoms with E-state index in [-0.39, 0.29) is 18.0 Å². The lowest BCUT2D eigenvalue weighted by molar-refractivity contribution is -0.197. The Hall–Kier alpha value is -1.43. The summed E-state index contributed by atoms with van der Waals surface area (Å²) in [6.45, 7) is 1.71. The van der Waals surface area contributed by atoms with Crippen LogP contribution in [0.25, 0.3) is 0 Å². The van der Waals surface area contributed by atoms with Crippen molar-refractivity contribution in [1.29, 1.82) is 0 Å². The fourth-order valence-electron chi connectivity index (χ4n) is 3.71. The summed E-state index contributed by atoms with van der Waals surface area (Å²) in [5.74, 6) is -0.348. The number of rotatable bonds is 5. The molecule has 2 atom stereocenters. The smallest absolute Gasteiger partial charge is 0.169 e. The van der Waals surface area contributed by atoms with E-state index in [9.17, 15) is 0 Å². The van der Waals surface area contributed by atoms with Crippen molar-refractivity contribution >= 4 is 5.71 Å². The van der Waals surface area contributed by atoms with Gasteiger partial charge in [-0.1, -0.05) is 41.9 Å². The van der Waals surface area contributed by atoms with Crippen LogP contribution < -0.4 is 0 Å². The van der Waals surface area contributed by atoms with Gasteiger partial charge in [0, 0.05) is 19.3 Å². The number of benzene rings is 1. The molecule has 0 bridgehead atoms. The van der Waals surface area contributed by atoms with Crippen molar-refractivity contribution in [1.82, 2.24) is 0 Å². The number of hydrogen-bond donors (Lipinski definition) is 0. The van der Waals surface area contributed by atoms with Gasteiger partial charge in [-0.3, -0.25) is 0 Å². The molecule has 0 unspecified atom stereocenters. The van der Waals surface area contributed by atoms with Gasteiger partial charge in [-0.25, -0.2) is 0 Å². The van der Waals surface area contributed by atoms with E-state index in [1.165, 1.54) is 24.8 Å². The fraction of sp³-hybridized carbons (Fsp3) is 0.632. The maximum atomic E-state index is 6.23. The van der Waals surface area contributed by atoms with Gasteiger partial charge in [0.05, 0.1) is 25.5 Å². The molecule has 0 aromatic heterocycles. The molecule has 1 spiro atoms. The highest BCUT2D eigenvalue weighted by Crippen LogP contribution is 2.39. The quantitative estimate of drug-likeness (QED) is 0.829. The molecule has 2 fully saturated rings. The van der Waals surface area contributed by atoms with E-state index in [2.05, 4.69) is 17.3 Å². The summed E-state index contributed by atoms with van der Waals surface area (Å²) in [6.07, 6.45) is 6.37. The Morgan fingerprint density at radius 3 is 2.71 bits per heavy atom. The topological polar surface area (TPSA) is 49.3 Å². The largest absolute Gasteiger partial charge is 0.389 e. The Labute approximate surface area is 142 Å². The summed E-state index contributed by atoms with van der Waals surface area (Å²) in [5, 5.41) is 4.18. The highest BCUT2D eigenvalue weighted by molar-refractivity contribution is 5.86. The van der Waals surface area contributed by atoms with Gasteiger partial charge in [0.1, 0.15) is 6.10 Å². The minimum Gasteiger partial charge on any atom is -0.389 e. The summed E-state index contributed by atoms with van der Waals surface area (Å²) in [4.78, 5) is 5.59. The van der Waals surface area contributed by atoms with Crippen molar-refractivity contribution in [3.63, 3.8) is 0 Å². The molecule has 1 aromatic carbocycles. The molecule has 5 heteroatoms. The molecular weight excluding hydrogens is 306 g/mol. The van der Waals surface area contributed by atoms with E-state index in [4.69, 9.17) is 19.0 Å². The van der Waals surface area contributed by atoms with Gasteiger partial charge < -0.3 is 19.0 Å². The molecule has 0 radical (unpaired) electrons. The van der Waals surface area contributed by atoms with Crippen LogP contribution in [-0.4, -0.2) is 36.9 Å². The second-order valence-electron chi connectivity index (χ2n) is 6.92. The van der Waals surface area contributed by atoms with Crippen LogP contribution in [0.5, 0.6) is 0 Å². The average molecular weight is 331 g/mol. The van der Waals surface area contributed by atoms with Crippen molar-refractivity contribution in [2.75, 3.05) is 13.2 Å². The predicted octanol–water partition coefficient (Wildman–Crippen LogP) is 3.42. The van der Waals surface area contributed by atoms with Crippen molar-refractivity contribution in [2.24, 2.45) is 5.16 Å². The van der Waals surface area contributed by atoms with Crippen LogP contribution in [0.1, 0.15) is 44.1 Å². The van der Waals surface area contributed by atoms with Crippen molar-refractivity contribution < 1.29 is 19.0 Å². The molecular formula is C19H25NO4. The number of oxime groups is 1. The van der Waals surface area contributed by atoms with Crippen LogP contribution in [0, 0.1) is 0 Å². The zero-order valence-corrected chi connectivity index (χ0v) is 14.0. The van der Waals surface area contributed by atoms with Crippen molar-refractivity contribution in [3.8, 4) is 0 Å². The van der Waals surface area contributed by atoms with Crippen LogP contribution in [0.15, 0.2) is 35.5 Å². The second-order valence-corrected chi connectivity index (χ2v) is 6.92. The Morgan fingerprint density at radius 1 is 1.04 bits per heavy atom. The minimum atomic E-state index is -0.348. The molecule has 24 heavy (non-hydrogen) atoms. The molecule has 1 saturated heterocycles. The third-order valence-electron chi connectivity index (χ3n) is 5.04. The van der Waals surface area contributed by atoms with Gasteiger partial charge in [0.25, 0.3) is 0 Å². The lowest BCUT2D eigenvalue weighted by Crippen LogP contribution is -2.36. The first-order valence-corrected chi connectivity index (χ1v) is 8.98. The monoisotopic (exact) mass is 331 g/mol. The second kappa shape index (κ2) is 7.21. The summed E-state index contributed by atoms with van der Waals surface area (Å²) in [7, 11) is 0. The van der Waals surface area contributed by atoms with E-state index >= 15 is 0 Å². The Balaban J connectivity index is 1.22. The Kier molecular flexibility index (Phi) is 4.83. The van der Waals surface area contributed by atoms with Crippen LogP contribution in [0.4, 0.5) is 0 Å². The SMILES string of the molecule is c1ccc(COCC2=NO[C@H]([C@H]3COC4(CCCCC4)O3)C2)cc1. The van der Waals surface area contributed by atoms with Gasteiger partial charge in [-0.2, -0.15) is 0 Å². The first kappa shape index (κ1) is 16.1. The van der Waals surface area contributed by atoms with E-state index in [1.807, 2.05) is 18.2 Å². The lowest BCUT2D eigenvalue weighted by Gasteiger charge is -2.32. The van der Waals surface area contributed by atoms with Crippen molar-refractivity contribution in [2.45, 2.75) is 63.1 Å². The number of hydrogen-bond acceptors (Lipinski definition) is 5. The molecule has 1 aromatic rings. The van der Waals surface area contributed by atoms with Gasteiger partial charge in [0.15, 0.2) is 11.9 Å². The van der Waals surface area contributed by atoms with E-state index < -0.39 is 0 Å². The molecule has 1 saturated carbocycles. The fourth-order valence-corrected chi connectivity index (χ4v) is 3.71. The van der Waals surface area contributed by atoms with E-state index in [0.29, 0.717) is 19.8 Å². The number of nitrogens with zero attached hydrogens (tertiary/aromatic N) is 1. The van der Waals surface area contributed by atoms with Crippen LogP contribution in [-0.2, 0) is 25.7 Å². The number of ether oxygens (including phenoxy) is 3. The molecule has 4 rings (SSSR count). The van der Waals surface area contributed by atoms with Gasteiger partial charge >= 0.3 is 0 Å². The standard InChI is InChI=1S/C19H25NO4/c1-3-7-15(8-4-1)12-21-13-16-11-17(24-20-16)18-14-22-19(23-18)9-5-2-6-10-19/h1,3-4,7-8,17-18H,2,5-6,9-14H2/t17-,18+/m0/s1. The molecule has 0 N–H and O–H groups in total. The lowest BCUT2D eigenvalue weighted by atomic mass is 9.94. The van der Waals surface area contributed by atoms with Crippen LogP contribution in [0.3, 0.4) is 0 Å².